The summed E-state index contributed by atoms with van der Waals surface area (Å²) < 4.78 is 7.39. The second kappa shape index (κ2) is 7.39. The van der Waals surface area contributed by atoms with Gasteiger partial charge in [-0.15, -0.1) is 5.10 Å². The Balaban J connectivity index is 1.41. The number of para-hydroxylation sites is 1. The molecule has 0 aliphatic carbocycles. The van der Waals surface area contributed by atoms with E-state index in [0.717, 1.165) is 31.7 Å². The van der Waals surface area contributed by atoms with Crippen molar-refractivity contribution < 1.29 is 4.42 Å². The Labute approximate surface area is 157 Å². The van der Waals surface area contributed by atoms with E-state index in [2.05, 4.69) is 51.1 Å². The van der Waals surface area contributed by atoms with Gasteiger partial charge in [0.15, 0.2) is 0 Å². The van der Waals surface area contributed by atoms with Crippen molar-refractivity contribution in [1.29, 1.82) is 0 Å². The van der Waals surface area contributed by atoms with Gasteiger partial charge in [-0.25, -0.2) is 4.68 Å². The molecule has 26 heavy (non-hydrogen) atoms. The number of aromatic nitrogens is 3. The molecule has 1 aliphatic heterocycles. The summed E-state index contributed by atoms with van der Waals surface area (Å²) in [4.78, 5) is 9.28. The van der Waals surface area contributed by atoms with Crippen LogP contribution in [-0.4, -0.2) is 45.8 Å². The van der Waals surface area contributed by atoms with Crippen LogP contribution in [0.25, 0.3) is 11.5 Å². The summed E-state index contributed by atoms with van der Waals surface area (Å²) in [7, 11) is 0. The van der Waals surface area contributed by atoms with Crippen LogP contribution in [-0.2, 0) is 6.67 Å². The molecule has 4 rings (SSSR count). The zero-order valence-corrected chi connectivity index (χ0v) is 15.5. The van der Waals surface area contributed by atoms with Gasteiger partial charge in [0.05, 0.1) is 12.2 Å². The van der Waals surface area contributed by atoms with E-state index in [0.29, 0.717) is 17.4 Å². The van der Waals surface area contributed by atoms with Gasteiger partial charge < -0.3 is 9.32 Å². The van der Waals surface area contributed by atoms with Crippen molar-refractivity contribution in [1.82, 2.24) is 19.7 Å². The van der Waals surface area contributed by atoms with Crippen molar-refractivity contribution in [3.05, 3.63) is 59.2 Å². The normalized spacial score (nSPS) is 15.3. The third-order valence-corrected chi connectivity index (χ3v) is 4.97. The lowest BCUT2D eigenvalue weighted by Gasteiger charge is -2.36. The molecule has 0 radical (unpaired) electrons. The first-order valence-corrected chi connectivity index (χ1v) is 9.13. The fraction of sp³-hybridized carbons (Fsp3) is 0.316. The van der Waals surface area contributed by atoms with E-state index in [1.807, 2.05) is 12.1 Å². The van der Waals surface area contributed by atoms with Crippen molar-refractivity contribution >= 4 is 17.9 Å². The molecule has 1 aromatic carbocycles. The second-order valence-electron chi connectivity index (χ2n) is 6.45. The van der Waals surface area contributed by atoms with E-state index in [1.165, 1.54) is 11.3 Å². The Bertz CT molecular complexity index is 928. The minimum atomic E-state index is 0.394. The lowest BCUT2D eigenvalue weighted by Crippen LogP contribution is -2.47. The topological polar surface area (TPSA) is 50.3 Å². The van der Waals surface area contributed by atoms with Gasteiger partial charge in [0.1, 0.15) is 0 Å². The summed E-state index contributed by atoms with van der Waals surface area (Å²) in [5.74, 6) is 0.515. The number of hydrogen-bond acceptors (Lipinski definition) is 6. The largest absolute Gasteiger partial charge is 0.409 e. The molecular weight excluding hydrogens is 346 g/mol. The van der Waals surface area contributed by atoms with Crippen molar-refractivity contribution in [2.24, 2.45) is 0 Å². The zero-order valence-electron chi connectivity index (χ0n) is 14.7. The molecule has 1 aliphatic rings. The van der Waals surface area contributed by atoms with Gasteiger partial charge in [0.25, 0.3) is 4.84 Å². The Hall–Kier alpha value is -2.51. The molecule has 0 atom stereocenters. The lowest BCUT2D eigenvalue weighted by molar-refractivity contribution is 0.192. The predicted molar refractivity (Wildman–Crippen MR) is 104 cm³/mol. The molecule has 0 spiro atoms. The molecule has 0 saturated carbocycles. The monoisotopic (exact) mass is 367 g/mol. The predicted octanol–water partition coefficient (Wildman–Crippen LogP) is 3.36. The highest BCUT2D eigenvalue weighted by Gasteiger charge is 2.19. The number of pyridine rings is 1. The SMILES string of the molecule is Cc1ccccc1N1CCN(Cn2nc(-c3cccnc3)oc2=S)CC1. The zero-order chi connectivity index (χ0) is 17.9. The minimum Gasteiger partial charge on any atom is -0.409 e. The molecule has 1 fully saturated rings. The van der Waals surface area contributed by atoms with Crippen LogP contribution in [0, 0.1) is 11.8 Å². The molecule has 3 heterocycles. The van der Waals surface area contributed by atoms with Gasteiger partial charge in [-0.3, -0.25) is 9.88 Å². The van der Waals surface area contributed by atoms with Crippen LogP contribution >= 0.6 is 12.2 Å². The number of hydrogen-bond donors (Lipinski definition) is 0. The van der Waals surface area contributed by atoms with E-state index in [1.54, 1.807) is 17.1 Å². The van der Waals surface area contributed by atoms with Gasteiger partial charge in [0, 0.05) is 44.3 Å². The average molecular weight is 367 g/mol. The highest BCUT2D eigenvalue weighted by Crippen LogP contribution is 2.21. The number of benzene rings is 1. The fourth-order valence-electron chi connectivity index (χ4n) is 3.24. The summed E-state index contributed by atoms with van der Waals surface area (Å²) in [5.41, 5.74) is 3.48. The molecule has 0 bridgehead atoms. The Morgan fingerprint density at radius 2 is 1.88 bits per heavy atom. The maximum atomic E-state index is 5.64. The fourth-order valence-corrected chi connectivity index (χ4v) is 3.42. The molecule has 0 N–H and O–H groups in total. The summed E-state index contributed by atoms with van der Waals surface area (Å²) in [6, 6.07) is 12.3. The lowest BCUT2D eigenvalue weighted by atomic mass is 10.1. The number of nitrogens with zero attached hydrogens (tertiary/aromatic N) is 5. The van der Waals surface area contributed by atoms with Crippen LogP contribution in [0.1, 0.15) is 5.56 Å². The number of piperazine rings is 1. The van der Waals surface area contributed by atoms with Crippen LogP contribution in [0.4, 0.5) is 5.69 Å². The molecule has 2 aromatic heterocycles. The van der Waals surface area contributed by atoms with Gasteiger partial charge in [-0.2, -0.15) is 0 Å². The van der Waals surface area contributed by atoms with E-state index in [-0.39, 0.29) is 0 Å². The smallest absolute Gasteiger partial charge is 0.288 e. The van der Waals surface area contributed by atoms with Crippen LogP contribution < -0.4 is 4.90 Å². The Kier molecular flexibility index (Phi) is 4.81. The summed E-state index contributed by atoms with van der Waals surface area (Å²) in [5, 5.41) is 4.52. The van der Waals surface area contributed by atoms with Crippen molar-refractivity contribution in [3.8, 4) is 11.5 Å². The molecular formula is C19H21N5OS. The standard InChI is InChI=1S/C19H21N5OS/c1-15-5-2-3-7-17(15)23-11-9-22(10-12-23)14-24-19(26)25-18(21-24)16-6-4-8-20-13-16/h2-8,13H,9-12,14H2,1H3. The summed E-state index contributed by atoms with van der Waals surface area (Å²) in [6.07, 6.45) is 3.45. The highest BCUT2D eigenvalue weighted by atomic mass is 32.1. The van der Waals surface area contributed by atoms with Crippen LogP contribution in [0.3, 0.4) is 0 Å². The van der Waals surface area contributed by atoms with E-state index < -0.39 is 0 Å². The van der Waals surface area contributed by atoms with Crippen LogP contribution in [0.2, 0.25) is 0 Å². The molecule has 1 saturated heterocycles. The molecule has 6 nitrogen and oxygen atoms in total. The highest BCUT2D eigenvalue weighted by molar-refractivity contribution is 7.71. The maximum Gasteiger partial charge on any atom is 0.288 e. The summed E-state index contributed by atoms with van der Waals surface area (Å²) in [6.45, 7) is 6.72. The van der Waals surface area contributed by atoms with Gasteiger partial charge in [0.2, 0.25) is 5.89 Å². The number of aryl methyl sites for hydroxylation is 1. The number of rotatable bonds is 4. The van der Waals surface area contributed by atoms with Crippen molar-refractivity contribution in [2.75, 3.05) is 31.1 Å². The molecule has 3 aromatic rings. The second-order valence-corrected chi connectivity index (χ2v) is 6.80. The number of anilines is 1. The minimum absolute atomic E-state index is 0.394. The molecule has 0 unspecified atom stereocenters. The van der Waals surface area contributed by atoms with Crippen molar-refractivity contribution in [2.45, 2.75) is 13.6 Å². The van der Waals surface area contributed by atoms with Gasteiger partial charge >= 0.3 is 0 Å². The molecule has 134 valence electrons. The van der Waals surface area contributed by atoms with Crippen molar-refractivity contribution in [3.63, 3.8) is 0 Å². The third-order valence-electron chi connectivity index (χ3n) is 4.68. The van der Waals surface area contributed by atoms with E-state index >= 15 is 0 Å². The molecule has 7 heteroatoms. The van der Waals surface area contributed by atoms with E-state index in [9.17, 15) is 0 Å². The first-order chi connectivity index (χ1) is 12.7. The molecule has 0 amide bonds. The quantitative estimate of drug-likeness (QED) is 0.659. The maximum absolute atomic E-state index is 5.64. The average Bonchev–Trinajstić information content (AvgIpc) is 3.04. The van der Waals surface area contributed by atoms with E-state index in [4.69, 9.17) is 16.6 Å². The van der Waals surface area contributed by atoms with Gasteiger partial charge in [-0.1, -0.05) is 18.2 Å². The Morgan fingerprint density at radius 1 is 1.08 bits per heavy atom. The first-order valence-electron chi connectivity index (χ1n) is 8.72. The summed E-state index contributed by atoms with van der Waals surface area (Å²) >= 11 is 5.33. The Morgan fingerprint density at radius 3 is 2.62 bits per heavy atom. The third kappa shape index (κ3) is 3.54. The first kappa shape index (κ1) is 16.9. The van der Waals surface area contributed by atoms with Crippen LogP contribution in [0.15, 0.2) is 53.2 Å². The van der Waals surface area contributed by atoms with Crippen LogP contribution in [0.5, 0.6) is 0 Å². The van der Waals surface area contributed by atoms with Gasteiger partial charge in [-0.05, 0) is 42.9 Å².